The van der Waals surface area contributed by atoms with Crippen LogP contribution in [0.15, 0.2) is 28.1 Å². The molecule has 180 valence electrons. The summed E-state index contributed by atoms with van der Waals surface area (Å²) in [4.78, 5) is 15.7. The van der Waals surface area contributed by atoms with Gasteiger partial charge in [-0.2, -0.15) is 13.2 Å². The van der Waals surface area contributed by atoms with E-state index in [9.17, 15) is 18.3 Å². The first kappa shape index (κ1) is 26.2. The van der Waals surface area contributed by atoms with Crippen molar-refractivity contribution in [3.05, 3.63) is 43.0 Å². The maximum absolute atomic E-state index is 10.6. The molecular formula is C20H20BrClF3N3O3S2. The summed E-state index contributed by atoms with van der Waals surface area (Å²) in [6.07, 6.45) is -2.81. The van der Waals surface area contributed by atoms with E-state index in [4.69, 9.17) is 27.2 Å². The third kappa shape index (κ3) is 6.37. The molecule has 33 heavy (non-hydrogen) atoms. The molecule has 3 atom stereocenters. The zero-order chi connectivity index (χ0) is 24.3. The normalized spacial score (nSPS) is 20.9. The molecule has 0 bridgehead atoms. The highest BCUT2D eigenvalue weighted by Gasteiger charge is 2.38. The number of carboxylic acid groups (broad SMARTS) is 1. The summed E-state index contributed by atoms with van der Waals surface area (Å²) in [5, 5.41) is 23.7. The standard InChI is InChI=1S/C18H19BrClN3OS2.C2HF3O2/c19-15-16-17(26-18(15)14-10(21)4-1-5-12(14)24)11(7-13(20)23-16)22-8-9-3-2-6-25-9;3-2(4,5)1(6)7/h2-3,6-7,10,12,14,24H,1,4-5,8,21H2,(H,22,23);(H,6,7)/t10-,12-,14+;/m0./s1. The predicted molar refractivity (Wildman–Crippen MR) is 128 cm³/mol. The minimum Gasteiger partial charge on any atom is -0.475 e. The molecule has 0 aromatic carbocycles. The highest BCUT2D eigenvalue weighted by Crippen LogP contribution is 2.46. The lowest BCUT2D eigenvalue weighted by molar-refractivity contribution is -0.192. The van der Waals surface area contributed by atoms with Crippen LogP contribution in [0.4, 0.5) is 18.9 Å². The summed E-state index contributed by atoms with van der Waals surface area (Å²) >= 11 is 13.3. The monoisotopic (exact) mass is 585 g/mol. The van der Waals surface area contributed by atoms with Gasteiger partial charge in [0.15, 0.2) is 0 Å². The van der Waals surface area contributed by atoms with E-state index in [0.717, 1.165) is 51.1 Å². The molecule has 3 heterocycles. The quantitative estimate of drug-likeness (QED) is 0.280. The van der Waals surface area contributed by atoms with Gasteiger partial charge in [0.05, 0.1) is 26.5 Å². The van der Waals surface area contributed by atoms with Crippen LogP contribution in [0.2, 0.25) is 5.15 Å². The number of rotatable bonds is 4. The van der Waals surface area contributed by atoms with Gasteiger partial charge in [-0.05, 0) is 46.6 Å². The third-order valence-electron chi connectivity index (χ3n) is 5.07. The molecule has 3 aromatic heterocycles. The Bertz CT molecular complexity index is 1100. The van der Waals surface area contributed by atoms with Crippen molar-refractivity contribution in [3.8, 4) is 0 Å². The minimum atomic E-state index is -5.08. The van der Waals surface area contributed by atoms with Crippen LogP contribution in [0.1, 0.15) is 34.9 Å². The van der Waals surface area contributed by atoms with Crippen LogP contribution >= 0.6 is 50.2 Å². The van der Waals surface area contributed by atoms with Crippen molar-refractivity contribution in [1.82, 2.24) is 4.98 Å². The van der Waals surface area contributed by atoms with E-state index >= 15 is 0 Å². The van der Waals surface area contributed by atoms with Crippen molar-refractivity contribution in [1.29, 1.82) is 0 Å². The second kappa shape index (κ2) is 10.9. The molecular weight excluding hydrogens is 567 g/mol. The molecule has 0 amide bonds. The lowest BCUT2D eigenvalue weighted by atomic mass is 9.82. The lowest BCUT2D eigenvalue weighted by Crippen LogP contribution is -2.39. The SMILES string of the molecule is N[C@H]1CCC[C@H](O)[C@@H]1c1sc2c(NCc3cccs3)cc(Cl)nc2c1Br.O=C(O)C(F)(F)F. The number of fused-ring (bicyclic) bond motifs is 1. The second-order valence-corrected chi connectivity index (χ2v) is 10.6. The number of nitrogens with one attached hydrogen (secondary N) is 1. The van der Waals surface area contributed by atoms with Gasteiger partial charge in [0, 0.05) is 34.3 Å². The van der Waals surface area contributed by atoms with E-state index in [1.807, 2.05) is 12.1 Å². The highest BCUT2D eigenvalue weighted by molar-refractivity contribution is 9.10. The van der Waals surface area contributed by atoms with Crippen molar-refractivity contribution in [2.45, 2.75) is 50.0 Å². The molecule has 0 aliphatic heterocycles. The number of pyridine rings is 1. The predicted octanol–water partition coefficient (Wildman–Crippen LogP) is 5.97. The van der Waals surface area contributed by atoms with Crippen LogP contribution in [0, 0.1) is 0 Å². The molecule has 0 spiro atoms. The molecule has 1 fully saturated rings. The van der Waals surface area contributed by atoms with E-state index in [1.165, 1.54) is 4.88 Å². The van der Waals surface area contributed by atoms with Gasteiger partial charge >= 0.3 is 12.1 Å². The number of halogens is 5. The fourth-order valence-corrected chi connectivity index (χ4v) is 6.67. The highest BCUT2D eigenvalue weighted by atomic mass is 79.9. The summed E-state index contributed by atoms with van der Waals surface area (Å²) in [6.45, 7) is 0.740. The number of hydrogen-bond acceptors (Lipinski definition) is 7. The summed E-state index contributed by atoms with van der Waals surface area (Å²) < 4.78 is 33.7. The Morgan fingerprint density at radius 1 is 1.39 bits per heavy atom. The smallest absolute Gasteiger partial charge is 0.475 e. The minimum absolute atomic E-state index is 0.0406. The summed E-state index contributed by atoms with van der Waals surface area (Å²) in [5.41, 5.74) is 8.14. The fourth-order valence-electron chi connectivity index (χ4n) is 3.54. The van der Waals surface area contributed by atoms with E-state index in [-0.39, 0.29) is 12.0 Å². The number of thiophene rings is 2. The number of aliphatic hydroxyl groups excluding tert-OH is 1. The molecule has 1 aliphatic carbocycles. The fraction of sp³-hybridized carbons (Fsp3) is 0.400. The van der Waals surface area contributed by atoms with Gasteiger partial charge in [0.1, 0.15) is 5.15 Å². The topological polar surface area (TPSA) is 108 Å². The molecule has 13 heteroatoms. The Morgan fingerprint density at radius 3 is 2.67 bits per heavy atom. The van der Waals surface area contributed by atoms with Crippen LogP contribution < -0.4 is 11.1 Å². The van der Waals surface area contributed by atoms with Crippen LogP contribution in [0.3, 0.4) is 0 Å². The van der Waals surface area contributed by atoms with Gasteiger partial charge < -0.3 is 21.3 Å². The zero-order valence-corrected chi connectivity index (χ0v) is 20.9. The Balaban J connectivity index is 0.000000383. The Labute approximate surface area is 208 Å². The number of carboxylic acids is 1. The van der Waals surface area contributed by atoms with Gasteiger partial charge in [-0.15, -0.1) is 22.7 Å². The van der Waals surface area contributed by atoms with Gasteiger partial charge in [0.25, 0.3) is 0 Å². The number of aliphatic hydroxyl groups is 1. The molecule has 5 N–H and O–H groups in total. The van der Waals surface area contributed by atoms with Gasteiger partial charge in [-0.25, -0.2) is 9.78 Å². The molecule has 6 nitrogen and oxygen atoms in total. The number of carbonyl (C=O) groups is 1. The second-order valence-electron chi connectivity index (χ2n) is 7.37. The Kier molecular flexibility index (Phi) is 8.62. The largest absolute Gasteiger partial charge is 0.490 e. The molecule has 0 radical (unpaired) electrons. The van der Waals surface area contributed by atoms with Gasteiger partial charge in [0.2, 0.25) is 0 Å². The average Bonchev–Trinajstić information content (AvgIpc) is 3.35. The number of nitrogens with zero attached hydrogens (tertiary/aromatic N) is 1. The van der Waals surface area contributed by atoms with Crippen LogP contribution in [0.5, 0.6) is 0 Å². The van der Waals surface area contributed by atoms with Crippen molar-refractivity contribution in [2.24, 2.45) is 5.73 Å². The number of alkyl halides is 3. The van der Waals surface area contributed by atoms with Gasteiger partial charge in [-0.3, -0.25) is 0 Å². The summed E-state index contributed by atoms with van der Waals surface area (Å²) in [7, 11) is 0. The molecule has 1 aliphatic rings. The number of aromatic nitrogens is 1. The third-order valence-corrected chi connectivity index (χ3v) is 8.52. The number of anilines is 1. The van der Waals surface area contributed by atoms with Crippen LogP contribution in [0.25, 0.3) is 10.2 Å². The van der Waals surface area contributed by atoms with E-state index in [0.29, 0.717) is 5.15 Å². The maximum atomic E-state index is 10.6. The number of hydrogen-bond donors (Lipinski definition) is 4. The van der Waals surface area contributed by atoms with Crippen molar-refractivity contribution in [3.63, 3.8) is 0 Å². The average molecular weight is 587 g/mol. The van der Waals surface area contributed by atoms with Crippen molar-refractivity contribution in [2.75, 3.05) is 5.32 Å². The molecule has 1 saturated carbocycles. The number of aliphatic carboxylic acids is 1. The Hall–Kier alpha value is -1.44. The van der Waals surface area contributed by atoms with Crippen LogP contribution in [-0.2, 0) is 11.3 Å². The zero-order valence-electron chi connectivity index (χ0n) is 16.9. The Morgan fingerprint density at radius 2 is 2.09 bits per heavy atom. The van der Waals surface area contributed by atoms with Crippen molar-refractivity contribution < 1.29 is 28.2 Å². The number of nitrogens with two attached hydrogens (primary N) is 1. The maximum Gasteiger partial charge on any atom is 0.490 e. The first-order valence-corrected chi connectivity index (χ1v) is 12.6. The molecule has 3 aromatic rings. The van der Waals surface area contributed by atoms with Crippen LogP contribution in [-0.4, -0.2) is 39.5 Å². The van der Waals surface area contributed by atoms with E-state index < -0.39 is 18.2 Å². The summed E-state index contributed by atoms with van der Waals surface area (Å²) in [6, 6.07) is 5.97. The first-order valence-electron chi connectivity index (χ1n) is 9.77. The van der Waals surface area contributed by atoms with E-state index in [1.54, 1.807) is 22.7 Å². The van der Waals surface area contributed by atoms with E-state index in [2.05, 4.69) is 37.7 Å². The molecule has 0 saturated heterocycles. The molecule has 0 unspecified atom stereocenters. The summed E-state index contributed by atoms with van der Waals surface area (Å²) in [5.74, 6) is -2.83. The first-order chi connectivity index (χ1) is 15.5. The van der Waals surface area contributed by atoms with Crippen molar-refractivity contribution >= 4 is 72.1 Å². The molecule has 4 rings (SSSR count). The lowest BCUT2D eigenvalue weighted by Gasteiger charge is -2.32. The van der Waals surface area contributed by atoms with Gasteiger partial charge in [-0.1, -0.05) is 17.7 Å².